The maximum Gasteiger partial charge on any atom is 0.344 e. The predicted octanol–water partition coefficient (Wildman–Crippen LogP) is 0.440. The second kappa shape index (κ2) is 6.83. The van der Waals surface area contributed by atoms with Gasteiger partial charge in [-0.1, -0.05) is 6.07 Å². The minimum absolute atomic E-state index is 0.105. The van der Waals surface area contributed by atoms with E-state index >= 15 is 0 Å². The smallest absolute Gasteiger partial charge is 0.344 e. The molecule has 0 fully saturated rings. The standard InChI is InChI=1S/C16H18N6O4S/c1-16(2,20-15(23)10-6-7-18-19-8-10)9-26-12-5-3-4-11-13(12)14(17)22-27(24,25)21-11/h3-8,21H,9H2,1-2H3,(H2,17,22)(H,20,23). The first kappa shape index (κ1) is 18.6. The molecular formula is C16H18N6O4S. The normalized spacial score (nSPS) is 15.1. The van der Waals surface area contributed by atoms with Crippen molar-refractivity contribution in [1.29, 1.82) is 0 Å². The van der Waals surface area contributed by atoms with E-state index in [9.17, 15) is 13.2 Å². The molecule has 1 aromatic heterocycles. The van der Waals surface area contributed by atoms with Crippen LogP contribution in [0.4, 0.5) is 5.69 Å². The molecule has 2 heterocycles. The SMILES string of the molecule is CC(C)(COc1cccc2c1C(N)=NS(=O)(=O)N2)NC(=O)c1ccnnc1. The molecule has 0 saturated carbocycles. The molecule has 0 saturated heterocycles. The van der Waals surface area contributed by atoms with Gasteiger partial charge in [-0.05, 0) is 32.0 Å². The second-order valence-electron chi connectivity index (χ2n) is 6.49. The molecule has 3 rings (SSSR count). The minimum Gasteiger partial charge on any atom is -0.490 e. The molecule has 1 aromatic carbocycles. The van der Waals surface area contributed by atoms with Crippen molar-refractivity contribution in [2.24, 2.45) is 10.1 Å². The second-order valence-corrected chi connectivity index (χ2v) is 7.83. The van der Waals surface area contributed by atoms with Crippen molar-refractivity contribution in [3.05, 3.63) is 47.8 Å². The Morgan fingerprint density at radius 1 is 1.30 bits per heavy atom. The van der Waals surface area contributed by atoms with Crippen LogP contribution in [-0.4, -0.2) is 42.5 Å². The first-order valence-corrected chi connectivity index (χ1v) is 9.34. The zero-order valence-electron chi connectivity index (χ0n) is 14.6. The number of carbonyl (C=O) groups excluding carboxylic acids is 1. The average Bonchev–Trinajstić information content (AvgIpc) is 2.59. The molecule has 4 N–H and O–H groups in total. The highest BCUT2D eigenvalue weighted by Crippen LogP contribution is 2.30. The molecule has 2 aromatic rings. The lowest BCUT2D eigenvalue weighted by atomic mass is 10.1. The number of nitrogens with one attached hydrogen (secondary N) is 2. The van der Waals surface area contributed by atoms with Crippen LogP contribution < -0.4 is 20.5 Å². The Morgan fingerprint density at radius 2 is 2.07 bits per heavy atom. The fraction of sp³-hybridized carbons (Fsp3) is 0.250. The van der Waals surface area contributed by atoms with Crippen LogP contribution in [0.2, 0.25) is 0 Å². The number of fused-ring (bicyclic) bond motifs is 1. The zero-order chi connectivity index (χ0) is 19.7. The van der Waals surface area contributed by atoms with E-state index in [2.05, 4.69) is 24.6 Å². The molecule has 142 valence electrons. The van der Waals surface area contributed by atoms with E-state index in [1.165, 1.54) is 12.4 Å². The van der Waals surface area contributed by atoms with Crippen molar-refractivity contribution in [3.63, 3.8) is 0 Å². The molecule has 0 atom stereocenters. The van der Waals surface area contributed by atoms with Crippen LogP contribution in [0.5, 0.6) is 5.75 Å². The van der Waals surface area contributed by atoms with Crippen LogP contribution in [-0.2, 0) is 10.2 Å². The lowest BCUT2D eigenvalue weighted by Crippen LogP contribution is -2.48. The van der Waals surface area contributed by atoms with Crippen molar-refractivity contribution < 1.29 is 17.9 Å². The van der Waals surface area contributed by atoms with Crippen LogP contribution in [0, 0.1) is 0 Å². The van der Waals surface area contributed by atoms with Crippen LogP contribution in [0.3, 0.4) is 0 Å². The van der Waals surface area contributed by atoms with E-state index < -0.39 is 15.7 Å². The fourth-order valence-electron chi connectivity index (χ4n) is 2.44. The Kier molecular flexibility index (Phi) is 4.70. The molecule has 0 unspecified atom stereocenters. The number of nitrogens with zero attached hydrogens (tertiary/aromatic N) is 3. The third-order valence-corrected chi connectivity index (χ3v) is 4.54. The van der Waals surface area contributed by atoms with Gasteiger partial charge in [0.15, 0.2) is 5.84 Å². The number of nitrogens with two attached hydrogens (primary N) is 1. The summed E-state index contributed by atoms with van der Waals surface area (Å²) in [6.45, 7) is 3.68. The largest absolute Gasteiger partial charge is 0.490 e. The van der Waals surface area contributed by atoms with Gasteiger partial charge in [0.1, 0.15) is 12.4 Å². The van der Waals surface area contributed by atoms with Crippen LogP contribution in [0.15, 0.2) is 41.1 Å². The lowest BCUT2D eigenvalue weighted by molar-refractivity contribution is 0.0880. The van der Waals surface area contributed by atoms with Gasteiger partial charge < -0.3 is 15.8 Å². The highest BCUT2D eigenvalue weighted by Gasteiger charge is 2.27. The summed E-state index contributed by atoms with van der Waals surface area (Å²) in [4.78, 5) is 12.3. The molecule has 0 bridgehead atoms. The van der Waals surface area contributed by atoms with Gasteiger partial charge in [-0.25, -0.2) is 0 Å². The van der Waals surface area contributed by atoms with E-state index in [0.717, 1.165) is 0 Å². The van der Waals surface area contributed by atoms with Crippen LogP contribution in [0.1, 0.15) is 29.8 Å². The van der Waals surface area contributed by atoms with Crippen LogP contribution in [0.25, 0.3) is 0 Å². The van der Waals surface area contributed by atoms with Gasteiger partial charge in [0, 0.05) is 0 Å². The monoisotopic (exact) mass is 390 g/mol. The molecule has 1 aliphatic rings. The summed E-state index contributed by atoms with van der Waals surface area (Å²) >= 11 is 0. The summed E-state index contributed by atoms with van der Waals surface area (Å²) < 4.78 is 34.8. The van der Waals surface area contributed by atoms with Gasteiger partial charge in [0.2, 0.25) is 0 Å². The first-order valence-electron chi connectivity index (χ1n) is 7.90. The summed E-state index contributed by atoms with van der Waals surface area (Å²) in [5.74, 6) is -0.129. The van der Waals surface area contributed by atoms with Gasteiger partial charge in [0.05, 0.1) is 34.7 Å². The molecule has 1 aliphatic heterocycles. The maximum absolute atomic E-state index is 12.3. The Hall–Kier alpha value is -3.21. The molecule has 10 nitrogen and oxygen atoms in total. The molecule has 1 amide bonds. The highest BCUT2D eigenvalue weighted by atomic mass is 32.2. The molecule has 0 spiro atoms. The van der Waals surface area contributed by atoms with E-state index in [-0.39, 0.29) is 24.0 Å². The van der Waals surface area contributed by atoms with Crippen molar-refractivity contribution in [2.75, 3.05) is 11.3 Å². The third-order valence-electron chi connectivity index (χ3n) is 3.63. The topological polar surface area (TPSA) is 149 Å². The molecule has 0 radical (unpaired) electrons. The van der Waals surface area contributed by atoms with Crippen molar-refractivity contribution in [2.45, 2.75) is 19.4 Å². The Labute approximate surface area is 156 Å². The van der Waals surface area contributed by atoms with Crippen molar-refractivity contribution >= 4 is 27.6 Å². The summed E-state index contributed by atoms with van der Waals surface area (Å²) in [5.41, 5.74) is 6.07. The first-order chi connectivity index (χ1) is 12.7. The van der Waals surface area contributed by atoms with Gasteiger partial charge in [0.25, 0.3) is 5.91 Å². The van der Waals surface area contributed by atoms with Gasteiger partial charge in [-0.3, -0.25) is 9.52 Å². The summed E-state index contributed by atoms with van der Waals surface area (Å²) in [7, 11) is -3.86. The summed E-state index contributed by atoms with van der Waals surface area (Å²) in [6, 6.07) is 6.38. The average molecular weight is 390 g/mol. The van der Waals surface area contributed by atoms with Gasteiger partial charge >= 0.3 is 10.2 Å². The summed E-state index contributed by atoms with van der Waals surface area (Å²) in [5, 5.41) is 10.1. The van der Waals surface area contributed by atoms with Crippen molar-refractivity contribution in [3.8, 4) is 5.75 Å². The number of rotatable bonds is 5. The van der Waals surface area contributed by atoms with E-state index in [1.54, 1.807) is 38.1 Å². The van der Waals surface area contributed by atoms with Crippen LogP contribution >= 0.6 is 0 Å². The quantitative estimate of drug-likeness (QED) is 0.670. The number of amides is 1. The lowest BCUT2D eigenvalue weighted by Gasteiger charge is -2.27. The molecule has 27 heavy (non-hydrogen) atoms. The Balaban J connectivity index is 1.75. The van der Waals surface area contributed by atoms with Crippen molar-refractivity contribution in [1.82, 2.24) is 15.5 Å². The van der Waals surface area contributed by atoms with Gasteiger partial charge in [-0.2, -0.15) is 18.6 Å². The fourth-order valence-corrected chi connectivity index (χ4v) is 3.28. The van der Waals surface area contributed by atoms with E-state index in [1.807, 2.05) is 0 Å². The Morgan fingerprint density at radius 3 is 2.78 bits per heavy atom. The maximum atomic E-state index is 12.3. The number of hydrogen-bond acceptors (Lipinski definition) is 7. The number of hydrogen-bond donors (Lipinski definition) is 3. The Bertz CT molecular complexity index is 1000. The number of benzene rings is 1. The molecule has 11 heteroatoms. The zero-order valence-corrected chi connectivity index (χ0v) is 15.4. The number of anilines is 1. The van der Waals surface area contributed by atoms with E-state index in [4.69, 9.17) is 10.5 Å². The predicted molar refractivity (Wildman–Crippen MR) is 98.8 cm³/mol. The molecule has 0 aliphatic carbocycles. The number of aromatic nitrogens is 2. The minimum atomic E-state index is -3.86. The van der Waals surface area contributed by atoms with E-state index in [0.29, 0.717) is 16.9 Å². The number of amidine groups is 1. The molecular weight excluding hydrogens is 372 g/mol. The third kappa shape index (κ3) is 4.31. The highest BCUT2D eigenvalue weighted by molar-refractivity contribution is 7.91. The summed E-state index contributed by atoms with van der Waals surface area (Å²) in [6.07, 6.45) is 2.79. The number of carbonyl (C=O) groups is 1. The van der Waals surface area contributed by atoms with Gasteiger partial charge in [-0.15, -0.1) is 4.40 Å². The number of ether oxygens (including phenoxy) is 1.